The summed E-state index contributed by atoms with van der Waals surface area (Å²) >= 11 is 0. The van der Waals surface area contributed by atoms with Gasteiger partial charge in [0, 0.05) is 26.2 Å². The number of hydrogen-bond acceptors (Lipinski definition) is 5. The zero-order valence-electron chi connectivity index (χ0n) is 9.67. The third-order valence-electron chi connectivity index (χ3n) is 3.66. The molecule has 1 aromatic heterocycles. The fraction of sp³-hybridized carbons (Fsp3) is 0.545. The lowest BCUT2D eigenvalue weighted by Gasteiger charge is -2.15. The van der Waals surface area contributed by atoms with Gasteiger partial charge in [0.05, 0.1) is 6.07 Å². The Hall–Kier alpha value is -1.89. The Morgan fingerprint density at radius 3 is 2.61 bits per heavy atom. The first-order chi connectivity index (χ1) is 8.65. The fourth-order valence-corrected chi connectivity index (χ4v) is 2.72. The number of likely N-dealkylation sites (tertiary alicyclic amines) is 1. The summed E-state index contributed by atoms with van der Waals surface area (Å²) in [4.78, 5) is 23.7. The van der Waals surface area contributed by atoms with Gasteiger partial charge in [0.1, 0.15) is 4.92 Å². The van der Waals surface area contributed by atoms with Crippen LogP contribution in [0.15, 0.2) is 16.5 Å². The first kappa shape index (κ1) is 11.2. The van der Waals surface area contributed by atoms with Crippen LogP contribution < -0.4 is 5.32 Å². The first-order valence-electron chi connectivity index (χ1n) is 5.89. The summed E-state index contributed by atoms with van der Waals surface area (Å²) in [5.74, 6) is 0.407. The number of nitrogens with zero attached hydrogens (tertiary/aromatic N) is 2. The number of rotatable bonds is 2. The van der Waals surface area contributed by atoms with Crippen LogP contribution in [0.3, 0.4) is 0 Å². The van der Waals surface area contributed by atoms with Crippen molar-refractivity contribution in [3.8, 4) is 0 Å². The van der Waals surface area contributed by atoms with E-state index in [0.717, 1.165) is 13.1 Å². The van der Waals surface area contributed by atoms with Crippen LogP contribution >= 0.6 is 0 Å². The molecule has 0 aromatic carbocycles. The van der Waals surface area contributed by atoms with Crippen molar-refractivity contribution in [1.29, 1.82) is 0 Å². The van der Waals surface area contributed by atoms with Gasteiger partial charge in [0.15, 0.2) is 5.76 Å². The minimum absolute atomic E-state index is 0.0506. The van der Waals surface area contributed by atoms with Crippen LogP contribution in [0.2, 0.25) is 0 Å². The van der Waals surface area contributed by atoms with E-state index in [1.807, 2.05) is 0 Å². The highest BCUT2D eigenvalue weighted by Crippen LogP contribution is 2.28. The number of furan rings is 1. The van der Waals surface area contributed by atoms with Gasteiger partial charge in [0.2, 0.25) is 0 Å². The molecule has 0 bridgehead atoms. The van der Waals surface area contributed by atoms with Gasteiger partial charge in [-0.25, -0.2) is 0 Å². The fourth-order valence-electron chi connectivity index (χ4n) is 2.72. The van der Waals surface area contributed by atoms with Gasteiger partial charge in [-0.1, -0.05) is 0 Å². The molecule has 7 heteroatoms. The predicted molar refractivity (Wildman–Crippen MR) is 61.1 cm³/mol. The molecule has 0 saturated carbocycles. The van der Waals surface area contributed by atoms with Crippen molar-refractivity contribution >= 4 is 11.8 Å². The van der Waals surface area contributed by atoms with Crippen LogP contribution in [0.4, 0.5) is 5.88 Å². The Balaban J connectivity index is 1.72. The van der Waals surface area contributed by atoms with Gasteiger partial charge in [-0.3, -0.25) is 14.9 Å². The Morgan fingerprint density at radius 2 is 2.06 bits per heavy atom. The minimum atomic E-state index is -0.639. The second-order valence-electron chi connectivity index (χ2n) is 4.78. The van der Waals surface area contributed by atoms with Crippen LogP contribution in [0, 0.1) is 22.0 Å². The first-order valence-corrected chi connectivity index (χ1v) is 5.89. The molecular weight excluding hydrogens is 238 g/mol. The summed E-state index contributed by atoms with van der Waals surface area (Å²) in [5, 5.41) is 13.8. The monoisotopic (exact) mass is 251 g/mol. The molecule has 7 nitrogen and oxygen atoms in total. The second-order valence-corrected chi connectivity index (χ2v) is 4.78. The van der Waals surface area contributed by atoms with Crippen molar-refractivity contribution in [1.82, 2.24) is 10.2 Å². The molecular formula is C11H13N3O4. The van der Waals surface area contributed by atoms with Gasteiger partial charge in [-0.2, -0.15) is 0 Å². The Bertz CT molecular complexity index is 486. The Kier molecular flexibility index (Phi) is 2.55. The third kappa shape index (κ3) is 1.76. The summed E-state index contributed by atoms with van der Waals surface area (Å²) in [6.45, 7) is 3.27. The van der Waals surface area contributed by atoms with Crippen molar-refractivity contribution in [2.24, 2.45) is 11.8 Å². The molecule has 96 valence electrons. The van der Waals surface area contributed by atoms with Gasteiger partial charge in [-0.15, -0.1) is 0 Å². The van der Waals surface area contributed by atoms with E-state index in [1.165, 1.54) is 12.1 Å². The number of nitro groups is 1. The van der Waals surface area contributed by atoms with E-state index < -0.39 is 4.92 Å². The average Bonchev–Trinajstić information content (AvgIpc) is 3.02. The van der Waals surface area contributed by atoms with Crippen LogP contribution in [-0.2, 0) is 0 Å². The largest absolute Gasteiger partial charge is 0.433 e. The average molecular weight is 251 g/mol. The lowest BCUT2D eigenvalue weighted by atomic mass is 10.0. The van der Waals surface area contributed by atoms with E-state index in [2.05, 4.69) is 5.32 Å². The molecule has 2 unspecified atom stereocenters. The van der Waals surface area contributed by atoms with E-state index in [4.69, 9.17) is 4.42 Å². The molecule has 2 aliphatic rings. The maximum atomic E-state index is 12.1. The van der Waals surface area contributed by atoms with Gasteiger partial charge in [0.25, 0.3) is 5.91 Å². The molecule has 18 heavy (non-hydrogen) atoms. The van der Waals surface area contributed by atoms with E-state index in [9.17, 15) is 14.9 Å². The third-order valence-corrected chi connectivity index (χ3v) is 3.66. The zero-order chi connectivity index (χ0) is 12.7. The van der Waals surface area contributed by atoms with Crippen molar-refractivity contribution in [2.45, 2.75) is 0 Å². The van der Waals surface area contributed by atoms with Crippen molar-refractivity contribution < 1.29 is 14.1 Å². The van der Waals surface area contributed by atoms with Crippen LogP contribution in [0.5, 0.6) is 0 Å². The molecule has 2 atom stereocenters. The van der Waals surface area contributed by atoms with Gasteiger partial charge in [-0.05, 0) is 17.9 Å². The normalized spacial score (nSPS) is 26.3. The number of carbonyl (C=O) groups is 1. The van der Waals surface area contributed by atoms with E-state index in [-0.39, 0.29) is 17.6 Å². The molecule has 1 aromatic rings. The minimum Gasteiger partial charge on any atom is -0.395 e. The summed E-state index contributed by atoms with van der Waals surface area (Å²) < 4.78 is 4.94. The van der Waals surface area contributed by atoms with E-state index in [1.54, 1.807) is 4.90 Å². The lowest BCUT2D eigenvalue weighted by Crippen LogP contribution is -2.31. The number of carbonyl (C=O) groups excluding carboxylic acids is 1. The Labute approximate surface area is 103 Å². The van der Waals surface area contributed by atoms with Crippen LogP contribution in [-0.4, -0.2) is 41.9 Å². The molecule has 2 saturated heterocycles. The molecule has 2 fully saturated rings. The van der Waals surface area contributed by atoms with Crippen LogP contribution in [0.25, 0.3) is 0 Å². The summed E-state index contributed by atoms with van der Waals surface area (Å²) in [6, 6.07) is 2.58. The molecule has 3 rings (SSSR count). The molecule has 0 spiro atoms. The lowest BCUT2D eigenvalue weighted by molar-refractivity contribution is -0.402. The van der Waals surface area contributed by atoms with E-state index in [0.29, 0.717) is 24.9 Å². The number of nitrogens with one attached hydrogen (secondary N) is 1. The molecule has 1 N–H and O–H groups in total. The van der Waals surface area contributed by atoms with Crippen molar-refractivity contribution in [3.63, 3.8) is 0 Å². The number of hydrogen-bond donors (Lipinski definition) is 1. The number of amides is 1. The van der Waals surface area contributed by atoms with Gasteiger partial charge < -0.3 is 14.6 Å². The molecule has 0 aliphatic carbocycles. The van der Waals surface area contributed by atoms with E-state index >= 15 is 0 Å². The van der Waals surface area contributed by atoms with Gasteiger partial charge >= 0.3 is 5.88 Å². The smallest absolute Gasteiger partial charge is 0.395 e. The summed E-state index contributed by atoms with van der Waals surface area (Å²) in [5.41, 5.74) is 0. The Morgan fingerprint density at radius 1 is 1.39 bits per heavy atom. The highest BCUT2D eigenvalue weighted by molar-refractivity contribution is 5.92. The summed E-state index contributed by atoms with van der Waals surface area (Å²) in [6.07, 6.45) is 0. The standard InChI is InChI=1S/C11H13N3O4/c15-11(9-1-2-10(18-9)14(16)17)13-5-7-3-12-4-8(7)6-13/h1-2,7-8,12H,3-6H2. The topological polar surface area (TPSA) is 88.6 Å². The SMILES string of the molecule is O=C(c1ccc([N+](=O)[O-])o1)N1CC2CNCC2C1. The maximum Gasteiger partial charge on any atom is 0.433 e. The molecule has 2 aliphatic heterocycles. The van der Waals surface area contributed by atoms with Crippen molar-refractivity contribution in [2.75, 3.05) is 26.2 Å². The summed E-state index contributed by atoms with van der Waals surface area (Å²) in [7, 11) is 0. The predicted octanol–water partition coefficient (Wildman–Crippen LogP) is 0.479. The maximum absolute atomic E-state index is 12.1. The van der Waals surface area contributed by atoms with Crippen molar-refractivity contribution in [3.05, 3.63) is 28.0 Å². The molecule has 3 heterocycles. The van der Waals surface area contributed by atoms with Crippen LogP contribution in [0.1, 0.15) is 10.6 Å². The quantitative estimate of drug-likeness (QED) is 0.610. The highest BCUT2D eigenvalue weighted by atomic mass is 16.6. The molecule has 1 amide bonds. The zero-order valence-corrected chi connectivity index (χ0v) is 9.67. The highest BCUT2D eigenvalue weighted by Gasteiger charge is 2.39. The number of fused-ring (bicyclic) bond motifs is 1. The molecule has 0 radical (unpaired) electrons. The second kappa shape index (κ2) is 4.09.